The number of hydrogen-bond acceptors (Lipinski definition) is 3. The van der Waals surface area contributed by atoms with Crippen LogP contribution in [0.25, 0.3) is 0 Å². The van der Waals surface area contributed by atoms with Gasteiger partial charge < -0.3 is 0 Å². The van der Waals surface area contributed by atoms with Crippen LogP contribution in [0.5, 0.6) is 0 Å². The van der Waals surface area contributed by atoms with Gasteiger partial charge in [-0.1, -0.05) is 31.5 Å². The van der Waals surface area contributed by atoms with Crippen molar-refractivity contribution in [2.75, 3.05) is 6.61 Å². The molecular weight excluding hydrogens is 223 g/mol. The third kappa shape index (κ3) is 5.13. The Labute approximate surface area is 113 Å². The van der Waals surface area contributed by atoms with Gasteiger partial charge in [0.1, 0.15) is 0 Å². The molecular formula is C10H15NaO3S. The second kappa shape index (κ2) is 7.41. The maximum atomic E-state index is 11.5. The van der Waals surface area contributed by atoms with Crippen molar-refractivity contribution in [3.8, 4) is 0 Å². The van der Waals surface area contributed by atoms with Crippen LogP contribution in [0.15, 0.2) is 35.2 Å². The summed E-state index contributed by atoms with van der Waals surface area (Å²) in [4.78, 5) is 0.219. The van der Waals surface area contributed by atoms with Gasteiger partial charge in [0.15, 0.2) is 0 Å². The first-order valence-electron chi connectivity index (χ1n) is 4.61. The third-order valence-corrected chi connectivity index (χ3v) is 3.09. The minimum absolute atomic E-state index is 0. The van der Waals surface area contributed by atoms with Crippen molar-refractivity contribution in [3.63, 3.8) is 0 Å². The molecule has 0 atom stereocenters. The summed E-state index contributed by atoms with van der Waals surface area (Å²) >= 11 is 0. The van der Waals surface area contributed by atoms with E-state index in [1.807, 2.05) is 6.92 Å². The van der Waals surface area contributed by atoms with Gasteiger partial charge in [-0.15, -0.1) is 0 Å². The van der Waals surface area contributed by atoms with Gasteiger partial charge in [-0.05, 0) is 18.6 Å². The fraction of sp³-hybridized carbons (Fsp3) is 0.400. The molecule has 0 aliphatic rings. The van der Waals surface area contributed by atoms with E-state index >= 15 is 0 Å². The van der Waals surface area contributed by atoms with Crippen molar-refractivity contribution in [1.29, 1.82) is 0 Å². The molecule has 0 saturated heterocycles. The SMILES string of the molecule is CCCCOS(=O)(=O)c1ccccc1.[NaH]. The fourth-order valence-corrected chi connectivity index (χ4v) is 1.93. The zero-order valence-corrected chi connectivity index (χ0v) is 8.96. The summed E-state index contributed by atoms with van der Waals surface area (Å²) in [5, 5.41) is 0. The molecule has 5 heteroatoms. The van der Waals surface area contributed by atoms with Crippen LogP contribution in [-0.4, -0.2) is 44.6 Å². The van der Waals surface area contributed by atoms with Crippen molar-refractivity contribution in [1.82, 2.24) is 0 Å². The Morgan fingerprint density at radius 3 is 2.33 bits per heavy atom. The van der Waals surface area contributed by atoms with Crippen molar-refractivity contribution >= 4 is 39.7 Å². The van der Waals surface area contributed by atoms with Crippen LogP contribution in [0.1, 0.15) is 19.8 Å². The van der Waals surface area contributed by atoms with E-state index in [9.17, 15) is 8.42 Å². The van der Waals surface area contributed by atoms with E-state index in [0.29, 0.717) is 0 Å². The monoisotopic (exact) mass is 238 g/mol. The predicted octanol–water partition coefficient (Wildman–Crippen LogP) is 1.54. The van der Waals surface area contributed by atoms with Crippen LogP contribution in [0.3, 0.4) is 0 Å². The van der Waals surface area contributed by atoms with Gasteiger partial charge in [0.25, 0.3) is 10.1 Å². The van der Waals surface area contributed by atoms with Crippen molar-refractivity contribution in [3.05, 3.63) is 30.3 Å². The quantitative estimate of drug-likeness (QED) is 0.444. The van der Waals surface area contributed by atoms with Crippen LogP contribution in [0.4, 0.5) is 0 Å². The van der Waals surface area contributed by atoms with Gasteiger partial charge in [-0.2, -0.15) is 8.42 Å². The van der Waals surface area contributed by atoms with E-state index in [4.69, 9.17) is 4.18 Å². The molecule has 0 amide bonds. The topological polar surface area (TPSA) is 43.4 Å². The second-order valence-electron chi connectivity index (χ2n) is 2.94. The molecule has 0 bridgehead atoms. The molecule has 0 fully saturated rings. The Hall–Kier alpha value is 0.130. The molecule has 80 valence electrons. The molecule has 0 radical (unpaired) electrons. The zero-order chi connectivity index (χ0) is 10.4. The third-order valence-electron chi connectivity index (χ3n) is 1.77. The maximum absolute atomic E-state index is 11.5. The van der Waals surface area contributed by atoms with Crippen LogP contribution >= 0.6 is 0 Å². The van der Waals surface area contributed by atoms with Crippen LogP contribution in [0.2, 0.25) is 0 Å². The molecule has 15 heavy (non-hydrogen) atoms. The Balaban J connectivity index is 0.00000196. The molecule has 1 rings (SSSR count). The molecule has 0 aromatic heterocycles. The first-order valence-corrected chi connectivity index (χ1v) is 6.02. The molecule has 0 N–H and O–H groups in total. The standard InChI is InChI=1S/C10H14O3S.Na.H/c1-2-3-9-13-14(11,12)10-7-5-4-6-8-10;;/h4-8H,2-3,9H2,1H3;;. The Morgan fingerprint density at radius 1 is 1.20 bits per heavy atom. The minimum atomic E-state index is -3.53. The number of hydrogen-bond donors (Lipinski definition) is 0. The van der Waals surface area contributed by atoms with Crippen LogP contribution in [0, 0.1) is 0 Å². The second-order valence-corrected chi connectivity index (χ2v) is 4.56. The molecule has 3 nitrogen and oxygen atoms in total. The normalized spacial score (nSPS) is 10.7. The molecule has 0 aliphatic carbocycles. The number of benzene rings is 1. The van der Waals surface area contributed by atoms with E-state index in [1.165, 1.54) is 12.1 Å². The van der Waals surface area contributed by atoms with Gasteiger partial charge in [0.2, 0.25) is 0 Å². The van der Waals surface area contributed by atoms with Gasteiger partial charge in [0.05, 0.1) is 11.5 Å². The van der Waals surface area contributed by atoms with Gasteiger partial charge in [0, 0.05) is 0 Å². The number of rotatable bonds is 5. The molecule has 0 spiro atoms. The first-order chi connectivity index (χ1) is 6.67. The summed E-state index contributed by atoms with van der Waals surface area (Å²) < 4.78 is 27.8. The predicted molar refractivity (Wildman–Crippen MR) is 61.6 cm³/mol. The average molecular weight is 238 g/mol. The average Bonchev–Trinajstić information content (AvgIpc) is 2.19. The summed E-state index contributed by atoms with van der Waals surface area (Å²) in [5.74, 6) is 0. The van der Waals surface area contributed by atoms with E-state index < -0.39 is 10.1 Å². The Kier molecular flexibility index (Phi) is 7.48. The summed E-state index contributed by atoms with van der Waals surface area (Å²) in [5.41, 5.74) is 0. The van der Waals surface area contributed by atoms with Crippen LogP contribution in [-0.2, 0) is 14.3 Å². The van der Waals surface area contributed by atoms with E-state index in [-0.39, 0.29) is 41.1 Å². The summed E-state index contributed by atoms with van der Waals surface area (Å²) in [6.45, 7) is 2.24. The zero-order valence-electron chi connectivity index (χ0n) is 8.14. The number of unbranched alkanes of at least 4 members (excludes halogenated alkanes) is 1. The van der Waals surface area contributed by atoms with Gasteiger partial charge in [-0.3, -0.25) is 4.18 Å². The Bertz CT molecular complexity index is 362. The van der Waals surface area contributed by atoms with Crippen molar-refractivity contribution in [2.24, 2.45) is 0 Å². The summed E-state index contributed by atoms with van der Waals surface area (Å²) in [7, 11) is -3.53. The van der Waals surface area contributed by atoms with Gasteiger partial charge in [-0.25, -0.2) is 0 Å². The Morgan fingerprint density at radius 2 is 1.80 bits per heavy atom. The van der Waals surface area contributed by atoms with E-state index in [0.717, 1.165) is 12.8 Å². The van der Waals surface area contributed by atoms with Crippen molar-refractivity contribution in [2.45, 2.75) is 24.7 Å². The molecule has 0 heterocycles. The molecule has 1 aromatic carbocycles. The van der Waals surface area contributed by atoms with Crippen molar-refractivity contribution < 1.29 is 12.6 Å². The molecule has 0 saturated carbocycles. The van der Waals surface area contributed by atoms with Gasteiger partial charge >= 0.3 is 29.6 Å². The molecule has 1 aromatic rings. The molecule has 0 aliphatic heterocycles. The fourth-order valence-electron chi connectivity index (χ4n) is 0.968. The first kappa shape index (κ1) is 15.1. The summed E-state index contributed by atoms with van der Waals surface area (Å²) in [6.07, 6.45) is 1.68. The van der Waals surface area contributed by atoms with Crippen LogP contribution < -0.4 is 0 Å². The van der Waals surface area contributed by atoms with E-state index in [1.54, 1.807) is 18.2 Å². The molecule has 0 unspecified atom stereocenters. The summed E-state index contributed by atoms with van der Waals surface area (Å²) in [6, 6.07) is 8.18. The van der Waals surface area contributed by atoms with E-state index in [2.05, 4.69) is 0 Å².